The number of rotatable bonds is 4. The van der Waals surface area contributed by atoms with Crippen molar-refractivity contribution in [1.82, 2.24) is 10.6 Å². The van der Waals surface area contributed by atoms with Crippen molar-refractivity contribution in [2.75, 3.05) is 20.0 Å². The molecule has 174 valence electrons. The molecule has 3 aliphatic carbocycles. The van der Waals surface area contributed by atoms with Gasteiger partial charge in [-0.25, -0.2) is 0 Å². The van der Waals surface area contributed by atoms with E-state index in [1.54, 1.807) is 0 Å². The van der Waals surface area contributed by atoms with E-state index in [0.717, 1.165) is 23.3 Å². The molecule has 1 aromatic carbocycles. The van der Waals surface area contributed by atoms with Gasteiger partial charge in [-0.05, 0) is 74.3 Å². The minimum absolute atomic E-state index is 0.0937. The molecule has 1 aromatic rings. The summed E-state index contributed by atoms with van der Waals surface area (Å²) in [5.41, 5.74) is 2.02. The number of thiocarbonyl (C=S) groups is 1. The van der Waals surface area contributed by atoms with Gasteiger partial charge in [0.05, 0.1) is 4.99 Å². The first-order valence-electron chi connectivity index (χ1n) is 12.3. The summed E-state index contributed by atoms with van der Waals surface area (Å²) >= 11 is 12.1. The van der Waals surface area contributed by atoms with E-state index in [4.69, 9.17) is 23.8 Å². The van der Waals surface area contributed by atoms with Gasteiger partial charge in [-0.1, -0.05) is 75.7 Å². The highest BCUT2D eigenvalue weighted by Crippen LogP contribution is 2.61. The van der Waals surface area contributed by atoms with Gasteiger partial charge >= 0.3 is 0 Å². The maximum atomic E-state index is 6.41. The van der Waals surface area contributed by atoms with E-state index < -0.39 is 0 Å². The molecule has 0 aromatic heterocycles. The molecule has 0 radical (unpaired) electrons. The molecule has 2 N–H and O–H groups in total. The van der Waals surface area contributed by atoms with Crippen LogP contribution in [0.2, 0.25) is 0 Å². The van der Waals surface area contributed by atoms with Crippen molar-refractivity contribution < 1.29 is 0 Å². The van der Waals surface area contributed by atoms with E-state index in [-0.39, 0.29) is 16.2 Å². The predicted octanol–water partition coefficient (Wildman–Crippen LogP) is 6.86. The topological polar surface area (TPSA) is 24.1 Å². The highest BCUT2D eigenvalue weighted by molar-refractivity contribution is 7.80. The Labute approximate surface area is 201 Å². The van der Waals surface area contributed by atoms with Crippen LogP contribution in [0.3, 0.4) is 0 Å². The Morgan fingerprint density at radius 2 is 1.68 bits per heavy atom. The fourth-order valence-electron chi connectivity index (χ4n) is 7.10. The predicted molar refractivity (Wildman–Crippen MR) is 139 cm³/mol. The molecule has 0 heterocycles. The van der Waals surface area contributed by atoms with Crippen molar-refractivity contribution in [2.45, 2.75) is 89.5 Å². The van der Waals surface area contributed by atoms with Crippen molar-refractivity contribution in [1.29, 1.82) is 0 Å². The van der Waals surface area contributed by atoms with Gasteiger partial charge in [0.25, 0.3) is 0 Å². The van der Waals surface area contributed by atoms with Crippen LogP contribution in [0.1, 0.15) is 83.6 Å². The fraction of sp³-hybridized carbons (Fsp3) is 0.741. The van der Waals surface area contributed by atoms with Gasteiger partial charge in [-0.2, -0.15) is 0 Å². The first-order valence-corrected chi connectivity index (χ1v) is 13.2. The summed E-state index contributed by atoms with van der Waals surface area (Å²) in [7, 11) is 4.03. The Kier molecular flexibility index (Phi) is 8.49. The van der Waals surface area contributed by atoms with Crippen LogP contribution < -0.4 is 10.6 Å². The SMILES string of the molecule is CNC(=S)C1(C)CC2CC(C)(CCl)CC(c3ccccc3)(C2)C1.CNC1CCCCC1. The Hall–Kier alpha value is -0.640. The molecule has 4 unspecified atom stereocenters. The van der Waals surface area contributed by atoms with Gasteiger partial charge < -0.3 is 10.6 Å². The number of hydrogen-bond donors (Lipinski definition) is 2. The van der Waals surface area contributed by atoms with Crippen molar-refractivity contribution in [3.8, 4) is 0 Å². The first-order chi connectivity index (χ1) is 14.8. The van der Waals surface area contributed by atoms with Crippen LogP contribution in [-0.2, 0) is 5.41 Å². The quantitative estimate of drug-likeness (QED) is 0.377. The van der Waals surface area contributed by atoms with Crippen LogP contribution in [0.25, 0.3) is 0 Å². The molecule has 0 saturated heterocycles. The highest BCUT2D eigenvalue weighted by Gasteiger charge is 2.55. The van der Waals surface area contributed by atoms with E-state index in [1.165, 1.54) is 63.4 Å². The molecule has 4 rings (SSSR count). The Morgan fingerprint density at radius 1 is 1.00 bits per heavy atom. The monoisotopic (exact) mass is 462 g/mol. The molecule has 4 heteroatoms. The molecular weight excluding hydrogens is 420 g/mol. The molecule has 4 atom stereocenters. The maximum absolute atomic E-state index is 6.41. The fourth-order valence-corrected chi connectivity index (χ4v) is 7.46. The molecule has 3 saturated carbocycles. The smallest absolute Gasteiger partial charge is 0.0811 e. The summed E-state index contributed by atoms with van der Waals surface area (Å²) in [6.45, 7) is 4.74. The molecule has 0 amide bonds. The third-order valence-corrected chi connectivity index (χ3v) is 9.53. The third-order valence-electron chi connectivity index (χ3n) is 8.19. The summed E-state index contributed by atoms with van der Waals surface area (Å²) in [4.78, 5) is 1.02. The van der Waals surface area contributed by atoms with E-state index in [0.29, 0.717) is 5.92 Å². The second kappa shape index (κ2) is 10.5. The van der Waals surface area contributed by atoms with Gasteiger partial charge in [-0.3, -0.25) is 0 Å². The van der Waals surface area contributed by atoms with E-state index in [1.807, 2.05) is 7.05 Å². The lowest BCUT2D eigenvalue weighted by Gasteiger charge is -2.58. The van der Waals surface area contributed by atoms with Gasteiger partial charge in [-0.15, -0.1) is 11.6 Å². The van der Waals surface area contributed by atoms with Gasteiger partial charge in [0.15, 0.2) is 0 Å². The lowest BCUT2D eigenvalue weighted by Crippen LogP contribution is -2.53. The standard InChI is InChI=1S/C20H28ClNS.C7H15N/c1-18(14-21)9-15-10-19(2,17(23)22-3)13-20(11-15,12-18)16-7-5-4-6-8-16;1-8-7-5-3-2-4-6-7/h4-8,15H,9-14H2,1-3H3,(H,22,23);7-8H,2-6H2,1H3. The zero-order chi connectivity index (χ0) is 22.5. The Bertz CT molecular complexity index is 719. The first kappa shape index (κ1) is 25.0. The van der Waals surface area contributed by atoms with Crippen LogP contribution in [0, 0.1) is 16.7 Å². The molecule has 0 aliphatic heterocycles. The normalized spacial score (nSPS) is 35.6. The molecule has 0 spiro atoms. The largest absolute Gasteiger partial charge is 0.382 e. The van der Waals surface area contributed by atoms with Crippen molar-refractivity contribution in [3.05, 3.63) is 35.9 Å². The third kappa shape index (κ3) is 5.84. The molecule has 3 fully saturated rings. The summed E-state index contributed by atoms with van der Waals surface area (Å²) < 4.78 is 0. The molecule has 2 nitrogen and oxygen atoms in total. The molecule has 3 aliphatic rings. The number of nitrogens with one attached hydrogen (secondary N) is 2. The summed E-state index contributed by atoms with van der Waals surface area (Å²) in [5.74, 6) is 1.46. The second-order valence-electron chi connectivity index (χ2n) is 11.2. The minimum Gasteiger partial charge on any atom is -0.382 e. The number of hydrogen-bond acceptors (Lipinski definition) is 2. The summed E-state index contributed by atoms with van der Waals surface area (Å²) in [6.07, 6.45) is 13.1. The summed E-state index contributed by atoms with van der Waals surface area (Å²) in [5, 5.41) is 6.58. The van der Waals surface area contributed by atoms with Gasteiger partial charge in [0.1, 0.15) is 0 Å². The van der Waals surface area contributed by atoms with Crippen LogP contribution in [0.15, 0.2) is 30.3 Å². The van der Waals surface area contributed by atoms with Gasteiger partial charge in [0, 0.05) is 24.4 Å². The second-order valence-corrected chi connectivity index (χ2v) is 11.9. The number of benzene rings is 1. The summed E-state index contributed by atoms with van der Waals surface area (Å²) in [6, 6.07) is 11.9. The van der Waals surface area contributed by atoms with E-state index in [2.05, 4.69) is 61.9 Å². The molecule has 2 bridgehead atoms. The zero-order valence-electron chi connectivity index (χ0n) is 20.1. The highest BCUT2D eigenvalue weighted by atomic mass is 35.5. The molecule has 31 heavy (non-hydrogen) atoms. The van der Waals surface area contributed by atoms with Gasteiger partial charge in [0.2, 0.25) is 0 Å². The van der Waals surface area contributed by atoms with Crippen molar-refractivity contribution in [3.63, 3.8) is 0 Å². The molecular formula is C27H43ClN2S. The van der Waals surface area contributed by atoms with Crippen molar-refractivity contribution >= 4 is 28.8 Å². The lowest BCUT2D eigenvalue weighted by atomic mass is 9.47. The Morgan fingerprint density at radius 3 is 2.23 bits per heavy atom. The number of fused-ring (bicyclic) bond motifs is 2. The average molecular weight is 463 g/mol. The van der Waals surface area contributed by atoms with Crippen LogP contribution in [-0.4, -0.2) is 31.0 Å². The van der Waals surface area contributed by atoms with Crippen molar-refractivity contribution in [2.24, 2.45) is 16.7 Å². The Balaban J connectivity index is 0.000000287. The van der Waals surface area contributed by atoms with Crippen LogP contribution in [0.4, 0.5) is 0 Å². The van der Waals surface area contributed by atoms with Crippen LogP contribution >= 0.6 is 23.8 Å². The zero-order valence-corrected chi connectivity index (χ0v) is 21.7. The average Bonchev–Trinajstić information content (AvgIpc) is 2.79. The number of halogens is 1. The van der Waals surface area contributed by atoms with E-state index in [9.17, 15) is 0 Å². The van der Waals surface area contributed by atoms with Crippen LogP contribution in [0.5, 0.6) is 0 Å². The number of alkyl halides is 1. The minimum atomic E-state index is 0.0937. The van der Waals surface area contributed by atoms with E-state index >= 15 is 0 Å². The maximum Gasteiger partial charge on any atom is 0.0811 e. The lowest BCUT2D eigenvalue weighted by molar-refractivity contribution is 0.0145.